The highest BCUT2D eigenvalue weighted by Gasteiger charge is 2.29. The number of carbonyl (C=O) groups excluding carboxylic acids is 2. The van der Waals surface area contributed by atoms with E-state index < -0.39 is 45.3 Å². The smallest absolute Gasteiger partial charge is 0.325 e. The van der Waals surface area contributed by atoms with Crippen molar-refractivity contribution in [1.82, 2.24) is 4.72 Å². The van der Waals surface area contributed by atoms with Crippen LogP contribution in [0.1, 0.15) is 5.56 Å². The predicted octanol–water partition coefficient (Wildman–Crippen LogP) is 0.744. The van der Waals surface area contributed by atoms with Crippen LogP contribution in [0.25, 0.3) is 0 Å². The molecule has 9 heteroatoms. The lowest BCUT2D eigenvalue weighted by molar-refractivity contribution is -0.149. The zero-order valence-corrected chi connectivity index (χ0v) is 14.4. The fourth-order valence-electron chi connectivity index (χ4n) is 2.18. The molecule has 138 valence electrons. The molecule has 0 aromatic heterocycles. The summed E-state index contributed by atoms with van der Waals surface area (Å²) in [7, 11) is -4.34. The molecule has 0 aliphatic carbocycles. The van der Waals surface area contributed by atoms with Gasteiger partial charge in [0.05, 0.1) is 0 Å². The summed E-state index contributed by atoms with van der Waals surface area (Å²) in [6, 6.07) is 12.0. The largest absolute Gasteiger partial charge is 0.454 e. The maximum atomic E-state index is 13.8. The number of ether oxygens (including phenoxy) is 1. The molecule has 3 N–H and O–H groups in total. The fourth-order valence-corrected chi connectivity index (χ4v) is 3.44. The summed E-state index contributed by atoms with van der Waals surface area (Å²) in [4.78, 5) is 22.4. The third-order valence-corrected chi connectivity index (χ3v) is 4.85. The van der Waals surface area contributed by atoms with Gasteiger partial charge in [-0.2, -0.15) is 4.72 Å². The molecule has 0 saturated carbocycles. The molecule has 26 heavy (non-hydrogen) atoms. The van der Waals surface area contributed by atoms with Crippen molar-refractivity contribution in [3.8, 4) is 0 Å². The molecule has 0 aliphatic heterocycles. The van der Waals surface area contributed by atoms with Crippen LogP contribution in [-0.4, -0.2) is 32.9 Å². The van der Waals surface area contributed by atoms with Gasteiger partial charge in [-0.1, -0.05) is 42.5 Å². The van der Waals surface area contributed by atoms with Crippen LogP contribution in [0, 0.1) is 5.82 Å². The van der Waals surface area contributed by atoms with Crippen LogP contribution in [0.2, 0.25) is 0 Å². The van der Waals surface area contributed by atoms with Gasteiger partial charge in [-0.25, -0.2) is 12.8 Å². The number of nitrogens with two attached hydrogens (primary N) is 1. The molecule has 2 rings (SSSR count). The number of carbonyl (C=O) groups is 2. The number of nitrogens with one attached hydrogen (secondary N) is 1. The Bertz CT molecular complexity index is 887. The molecular formula is C17H17FN2O5S. The van der Waals surface area contributed by atoms with Crippen LogP contribution < -0.4 is 10.5 Å². The molecule has 0 unspecified atom stereocenters. The molecule has 1 amide bonds. The van der Waals surface area contributed by atoms with E-state index in [4.69, 9.17) is 10.5 Å². The van der Waals surface area contributed by atoms with E-state index >= 15 is 0 Å². The van der Waals surface area contributed by atoms with Gasteiger partial charge in [-0.15, -0.1) is 0 Å². The van der Waals surface area contributed by atoms with Crippen LogP contribution in [0.4, 0.5) is 4.39 Å². The number of sulfonamides is 1. The van der Waals surface area contributed by atoms with Crippen molar-refractivity contribution < 1.29 is 27.1 Å². The lowest BCUT2D eigenvalue weighted by Gasteiger charge is -2.18. The average Bonchev–Trinajstić information content (AvgIpc) is 2.60. The first-order valence-electron chi connectivity index (χ1n) is 7.55. The van der Waals surface area contributed by atoms with Crippen molar-refractivity contribution in [2.24, 2.45) is 5.73 Å². The highest BCUT2D eigenvalue weighted by atomic mass is 32.2. The lowest BCUT2D eigenvalue weighted by Crippen LogP contribution is -2.44. The number of halogens is 1. The second kappa shape index (κ2) is 8.54. The van der Waals surface area contributed by atoms with E-state index in [0.29, 0.717) is 5.56 Å². The summed E-state index contributed by atoms with van der Waals surface area (Å²) in [5.74, 6) is -2.83. The molecule has 0 heterocycles. The third kappa shape index (κ3) is 5.36. The Hall–Kier alpha value is -2.78. The molecule has 2 aromatic carbocycles. The Morgan fingerprint density at radius 1 is 1.08 bits per heavy atom. The molecule has 0 radical (unpaired) electrons. The summed E-state index contributed by atoms with van der Waals surface area (Å²) in [5.41, 5.74) is 5.57. The summed E-state index contributed by atoms with van der Waals surface area (Å²) >= 11 is 0. The Labute approximate surface area is 150 Å². The van der Waals surface area contributed by atoms with E-state index in [2.05, 4.69) is 4.72 Å². The average molecular weight is 380 g/mol. The van der Waals surface area contributed by atoms with Gasteiger partial charge in [0.15, 0.2) is 6.61 Å². The first kappa shape index (κ1) is 19.5. The second-order valence-corrected chi connectivity index (χ2v) is 7.05. The molecule has 0 spiro atoms. The van der Waals surface area contributed by atoms with Gasteiger partial charge in [0.25, 0.3) is 5.91 Å². The number of primary amides is 1. The number of hydrogen-bond donors (Lipinski definition) is 2. The maximum absolute atomic E-state index is 13.8. The number of rotatable bonds is 8. The quantitative estimate of drug-likeness (QED) is 0.656. The van der Waals surface area contributed by atoms with Crippen molar-refractivity contribution in [1.29, 1.82) is 0 Å². The minimum absolute atomic E-state index is 0.0495. The van der Waals surface area contributed by atoms with Gasteiger partial charge in [0.2, 0.25) is 10.0 Å². The molecule has 0 fully saturated rings. The molecule has 0 aliphatic rings. The molecule has 7 nitrogen and oxygen atoms in total. The van der Waals surface area contributed by atoms with Gasteiger partial charge in [-0.05, 0) is 24.1 Å². The highest BCUT2D eigenvalue weighted by molar-refractivity contribution is 7.89. The van der Waals surface area contributed by atoms with E-state index in [1.165, 1.54) is 12.1 Å². The molecule has 2 aromatic rings. The van der Waals surface area contributed by atoms with Gasteiger partial charge >= 0.3 is 5.97 Å². The van der Waals surface area contributed by atoms with Crippen LogP contribution in [0.3, 0.4) is 0 Å². The number of amides is 1. The fraction of sp³-hybridized carbons (Fsp3) is 0.176. The Morgan fingerprint density at radius 3 is 2.31 bits per heavy atom. The van der Waals surface area contributed by atoms with Crippen LogP contribution >= 0.6 is 0 Å². The Kier molecular flexibility index (Phi) is 6.42. The van der Waals surface area contributed by atoms with Crippen molar-refractivity contribution in [2.45, 2.75) is 17.4 Å². The van der Waals surface area contributed by atoms with Crippen molar-refractivity contribution >= 4 is 21.9 Å². The molecule has 0 bridgehead atoms. The minimum Gasteiger partial charge on any atom is -0.454 e. The van der Waals surface area contributed by atoms with E-state index in [9.17, 15) is 22.4 Å². The van der Waals surface area contributed by atoms with Crippen LogP contribution in [-0.2, 0) is 30.8 Å². The Morgan fingerprint density at radius 2 is 1.69 bits per heavy atom. The van der Waals surface area contributed by atoms with Crippen molar-refractivity contribution in [3.63, 3.8) is 0 Å². The third-order valence-electron chi connectivity index (χ3n) is 3.35. The topological polar surface area (TPSA) is 116 Å². The van der Waals surface area contributed by atoms with Crippen molar-refractivity contribution in [2.75, 3.05) is 6.61 Å². The maximum Gasteiger partial charge on any atom is 0.325 e. The number of benzene rings is 2. The summed E-state index contributed by atoms with van der Waals surface area (Å²) in [5, 5.41) is 0. The van der Waals surface area contributed by atoms with E-state index in [1.54, 1.807) is 30.3 Å². The van der Waals surface area contributed by atoms with Gasteiger partial charge in [0.1, 0.15) is 16.8 Å². The SMILES string of the molecule is NC(=O)COC(=O)[C@@H](Cc1ccccc1)NS(=O)(=O)c1ccccc1F. The minimum atomic E-state index is -4.34. The monoisotopic (exact) mass is 380 g/mol. The molecule has 1 atom stereocenters. The molecular weight excluding hydrogens is 363 g/mol. The zero-order chi connectivity index (χ0) is 19.2. The summed E-state index contributed by atoms with van der Waals surface area (Å²) in [6.45, 7) is -0.689. The normalized spacial score (nSPS) is 12.3. The Balaban J connectivity index is 2.26. The second-order valence-electron chi connectivity index (χ2n) is 5.37. The summed E-state index contributed by atoms with van der Waals surface area (Å²) < 4.78 is 45.6. The van der Waals surface area contributed by atoms with Gasteiger partial charge in [-0.3, -0.25) is 9.59 Å². The highest BCUT2D eigenvalue weighted by Crippen LogP contribution is 2.15. The predicted molar refractivity (Wildman–Crippen MR) is 90.8 cm³/mol. The standard InChI is InChI=1S/C17H17FN2O5S/c18-13-8-4-5-9-15(13)26(23,24)20-14(17(22)25-11-16(19)21)10-12-6-2-1-3-7-12/h1-9,14,20H,10-11H2,(H2,19,21)/t14-/m1/s1. The molecule has 0 saturated heterocycles. The van der Waals surface area contributed by atoms with Gasteiger partial charge in [0, 0.05) is 0 Å². The summed E-state index contributed by atoms with van der Waals surface area (Å²) in [6.07, 6.45) is -0.0495. The number of hydrogen-bond acceptors (Lipinski definition) is 5. The first-order chi connectivity index (χ1) is 12.3. The van der Waals surface area contributed by atoms with E-state index in [-0.39, 0.29) is 6.42 Å². The van der Waals surface area contributed by atoms with E-state index in [0.717, 1.165) is 12.1 Å². The van der Waals surface area contributed by atoms with Crippen LogP contribution in [0.15, 0.2) is 59.5 Å². The van der Waals surface area contributed by atoms with Crippen molar-refractivity contribution in [3.05, 3.63) is 66.0 Å². The number of esters is 1. The zero-order valence-electron chi connectivity index (χ0n) is 13.6. The van der Waals surface area contributed by atoms with E-state index in [1.807, 2.05) is 0 Å². The first-order valence-corrected chi connectivity index (χ1v) is 9.03. The lowest BCUT2D eigenvalue weighted by atomic mass is 10.1. The van der Waals surface area contributed by atoms with Gasteiger partial charge < -0.3 is 10.5 Å². The van der Waals surface area contributed by atoms with Crippen LogP contribution in [0.5, 0.6) is 0 Å².